The molecule has 3 unspecified atom stereocenters. The van der Waals surface area contributed by atoms with Crippen LogP contribution in [0.15, 0.2) is 0 Å². The van der Waals surface area contributed by atoms with Crippen molar-refractivity contribution in [2.75, 3.05) is 13.1 Å². The number of nitrogens with one attached hydrogen (secondary N) is 1. The molecule has 1 aliphatic heterocycles. The summed E-state index contributed by atoms with van der Waals surface area (Å²) in [5, 5.41) is 3.71. The van der Waals surface area contributed by atoms with E-state index in [-0.39, 0.29) is 0 Å². The highest BCUT2D eigenvalue weighted by molar-refractivity contribution is 4.95. The van der Waals surface area contributed by atoms with Crippen molar-refractivity contribution in [3.63, 3.8) is 0 Å². The molecule has 0 aromatic heterocycles. The van der Waals surface area contributed by atoms with Gasteiger partial charge in [-0.2, -0.15) is 0 Å². The quantitative estimate of drug-likeness (QED) is 0.770. The highest BCUT2D eigenvalue weighted by Gasteiger charge is 2.35. The van der Waals surface area contributed by atoms with Crippen LogP contribution in [0.3, 0.4) is 0 Å². The fourth-order valence-corrected chi connectivity index (χ4v) is 2.44. The average molecular weight is 212 g/mol. The van der Waals surface area contributed by atoms with E-state index in [0.717, 1.165) is 18.6 Å². The van der Waals surface area contributed by atoms with Gasteiger partial charge in [0.1, 0.15) is 0 Å². The standard InChI is InChI=1S/C13H28N2/c1-6-11(4)15-10-13(5,8-3)14-9-12(15)7-2/h11-12,14H,6-10H2,1-5H3. The van der Waals surface area contributed by atoms with Gasteiger partial charge in [-0.15, -0.1) is 0 Å². The zero-order chi connectivity index (χ0) is 11.5. The molecular formula is C13H28N2. The summed E-state index contributed by atoms with van der Waals surface area (Å²) < 4.78 is 0. The van der Waals surface area contributed by atoms with E-state index in [1.807, 2.05) is 0 Å². The molecule has 1 N–H and O–H groups in total. The van der Waals surface area contributed by atoms with Gasteiger partial charge in [-0.05, 0) is 33.1 Å². The molecule has 2 heteroatoms. The normalized spacial score (nSPS) is 35.4. The minimum atomic E-state index is 0.328. The summed E-state index contributed by atoms with van der Waals surface area (Å²) in [6.45, 7) is 14.0. The van der Waals surface area contributed by atoms with Crippen molar-refractivity contribution >= 4 is 0 Å². The maximum absolute atomic E-state index is 3.71. The Morgan fingerprint density at radius 2 is 2.07 bits per heavy atom. The number of piperazine rings is 1. The van der Waals surface area contributed by atoms with E-state index in [1.54, 1.807) is 0 Å². The van der Waals surface area contributed by atoms with Gasteiger partial charge in [0.05, 0.1) is 0 Å². The second kappa shape index (κ2) is 5.31. The fraction of sp³-hybridized carbons (Fsp3) is 1.00. The van der Waals surface area contributed by atoms with Crippen LogP contribution < -0.4 is 5.32 Å². The molecule has 1 saturated heterocycles. The smallest absolute Gasteiger partial charge is 0.0278 e. The summed E-state index contributed by atoms with van der Waals surface area (Å²) in [6, 6.07) is 1.46. The minimum absolute atomic E-state index is 0.328. The van der Waals surface area contributed by atoms with Gasteiger partial charge in [0.2, 0.25) is 0 Å². The van der Waals surface area contributed by atoms with Crippen LogP contribution in [-0.2, 0) is 0 Å². The zero-order valence-electron chi connectivity index (χ0n) is 11.1. The Bertz CT molecular complexity index is 193. The van der Waals surface area contributed by atoms with Crippen LogP contribution in [0, 0.1) is 0 Å². The molecule has 3 atom stereocenters. The number of hydrogen-bond acceptors (Lipinski definition) is 2. The maximum Gasteiger partial charge on any atom is 0.0278 e. The van der Waals surface area contributed by atoms with Crippen molar-refractivity contribution in [1.29, 1.82) is 0 Å². The topological polar surface area (TPSA) is 15.3 Å². The molecule has 0 aliphatic carbocycles. The van der Waals surface area contributed by atoms with Crippen molar-refractivity contribution in [2.45, 2.75) is 71.5 Å². The first-order valence-corrected chi connectivity index (χ1v) is 6.57. The first-order chi connectivity index (χ1) is 7.06. The van der Waals surface area contributed by atoms with Crippen LogP contribution in [0.25, 0.3) is 0 Å². The summed E-state index contributed by atoms with van der Waals surface area (Å²) in [5.41, 5.74) is 0.328. The summed E-state index contributed by atoms with van der Waals surface area (Å²) in [5.74, 6) is 0. The molecular weight excluding hydrogens is 184 g/mol. The zero-order valence-corrected chi connectivity index (χ0v) is 11.1. The third-order valence-corrected chi connectivity index (χ3v) is 4.17. The van der Waals surface area contributed by atoms with E-state index in [0.29, 0.717) is 5.54 Å². The van der Waals surface area contributed by atoms with Crippen LogP contribution in [0.4, 0.5) is 0 Å². The van der Waals surface area contributed by atoms with Gasteiger partial charge in [-0.25, -0.2) is 0 Å². The molecule has 2 nitrogen and oxygen atoms in total. The summed E-state index contributed by atoms with van der Waals surface area (Å²) in [7, 11) is 0. The molecule has 0 amide bonds. The van der Waals surface area contributed by atoms with Crippen LogP contribution in [0.1, 0.15) is 53.9 Å². The Hall–Kier alpha value is -0.0800. The monoisotopic (exact) mass is 212 g/mol. The van der Waals surface area contributed by atoms with Gasteiger partial charge in [-0.3, -0.25) is 4.90 Å². The van der Waals surface area contributed by atoms with Gasteiger partial charge in [0.25, 0.3) is 0 Å². The molecule has 0 spiro atoms. The maximum atomic E-state index is 3.71. The van der Waals surface area contributed by atoms with E-state index in [4.69, 9.17) is 0 Å². The molecule has 0 saturated carbocycles. The molecule has 0 radical (unpaired) electrons. The van der Waals surface area contributed by atoms with Crippen LogP contribution in [-0.4, -0.2) is 35.6 Å². The molecule has 1 fully saturated rings. The van der Waals surface area contributed by atoms with Crippen molar-refractivity contribution in [3.8, 4) is 0 Å². The molecule has 0 aromatic carbocycles. The summed E-state index contributed by atoms with van der Waals surface area (Å²) in [6.07, 6.45) is 3.74. The van der Waals surface area contributed by atoms with Crippen LogP contribution >= 0.6 is 0 Å². The van der Waals surface area contributed by atoms with Crippen molar-refractivity contribution in [2.24, 2.45) is 0 Å². The van der Waals surface area contributed by atoms with E-state index >= 15 is 0 Å². The largest absolute Gasteiger partial charge is 0.309 e. The molecule has 90 valence electrons. The van der Waals surface area contributed by atoms with E-state index < -0.39 is 0 Å². The summed E-state index contributed by atoms with van der Waals surface area (Å²) in [4.78, 5) is 2.71. The first-order valence-electron chi connectivity index (χ1n) is 6.57. The van der Waals surface area contributed by atoms with E-state index in [1.165, 1.54) is 25.8 Å². The Labute approximate surface area is 95.4 Å². The Kier molecular flexibility index (Phi) is 4.60. The van der Waals surface area contributed by atoms with Gasteiger partial charge >= 0.3 is 0 Å². The molecule has 1 heterocycles. The SMILES string of the molecule is CCC(C)N1CC(C)(CC)NCC1CC. The Morgan fingerprint density at radius 1 is 1.40 bits per heavy atom. The molecule has 15 heavy (non-hydrogen) atoms. The number of nitrogens with zero attached hydrogens (tertiary/aromatic N) is 1. The number of hydrogen-bond donors (Lipinski definition) is 1. The third-order valence-electron chi connectivity index (χ3n) is 4.17. The third kappa shape index (κ3) is 2.94. The highest BCUT2D eigenvalue weighted by Crippen LogP contribution is 2.23. The Morgan fingerprint density at radius 3 is 2.53 bits per heavy atom. The second-order valence-corrected chi connectivity index (χ2v) is 5.29. The van der Waals surface area contributed by atoms with E-state index in [9.17, 15) is 0 Å². The molecule has 1 aliphatic rings. The van der Waals surface area contributed by atoms with Crippen molar-refractivity contribution in [1.82, 2.24) is 10.2 Å². The predicted molar refractivity (Wildman–Crippen MR) is 67.2 cm³/mol. The van der Waals surface area contributed by atoms with Gasteiger partial charge < -0.3 is 5.32 Å². The van der Waals surface area contributed by atoms with Crippen LogP contribution in [0.2, 0.25) is 0 Å². The summed E-state index contributed by atoms with van der Waals surface area (Å²) >= 11 is 0. The predicted octanol–water partition coefficient (Wildman–Crippen LogP) is 2.64. The number of rotatable bonds is 4. The lowest BCUT2D eigenvalue weighted by Gasteiger charge is -2.48. The minimum Gasteiger partial charge on any atom is -0.309 e. The molecule has 0 aromatic rings. The van der Waals surface area contributed by atoms with Gasteiger partial charge in [0, 0.05) is 30.7 Å². The average Bonchev–Trinajstić information content (AvgIpc) is 2.28. The van der Waals surface area contributed by atoms with Gasteiger partial charge in [-0.1, -0.05) is 20.8 Å². The van der Waals surface area contributed by atoms with E-state index in [2.05, 4.69) is 44.8 Å². The molecule has 1 rings (SSSR count). The van der Waals surface area contributed by atoms with Crippen molar-refractivity contribution in [3.05, 3.63) is 0 Å². The lowest BCUT2D eigenvalue weighted by atomic mass is 9.91. The van der Waals surface area contributed by atoms with Crippen LogP contribution in [0.5, 0.6) is 0 Å². The van der Waals surface area contributed by atoms with Gasteiger partial charge in [0.15, 0.2) is 0 Å². The highest BCUT2D eigenvalue weighted by atomic mass is 15.3. The second-order valence-electron chi connectivity index (χ2n) is 5.29. The lowest BCUT2D eigenvalue weighted by molar-refractivity contribution is 0.0485. The first kappa shape index (κ1) is 13.0. The fourth-order valence-electron chi connectivity index (χ4n) is 2.44. The Balaban J connectivity index is 2.69. The van der Waals surface area contributed by atoms with Crippen molar-refractivity contribution < 1.29 is 0 Å². The lowest BCUT2D eigenvalue weighted by Crippen LogP contribution is -2.64. The molecule has 0 bridgehead atoms.